The van der Waals surface area contributed by atoms with Gasteiger partial charge in [0.05, 0.1) is 33.5 Å². The molecule has 0 unspecified atom stereocenters. The first-order chi connectivity index (χ1) is 10.6. The Kier molecular flexibility index (Phi) is 6.87. The minimum absolute atomic E-state index is 0. The van der Waals surface area contributed by atoms with Gasteiger partial charge in [0, 0.05) is 5.56 Å². The number of methoxy groups -OCH3 is 2. The van der Waals surface area contributed by atoms with Crippen LogP contribution < -0.4 is 20.5 Å². The Morgan fingerprint density at radius 2 is 2.00 bits per heavy atom. The van der Waals surface area contributed by atoms with Gasteiger partial charge in [-0.25, -0.2) is 4.68 Å². The number of ether oxygens (including phenoxy) is 2. The van der Waals surface area contributed by atoms with E-state index >= 15 is 0 Å². The summed E-state index contributed by atoms with van der Waals surface area (Å²) >= 11 is 0. The van der Waals surface area contributed by atoms with Crippen LogP contribution in [0.3, 0.4) is 0 Å². The lowest BCUT2D eigenvalue weighted by Crippen LogP contribution is -2.24. The van der Waals surface area contributed by atoms with Gasteiger partial charge in [-0.3, -0.25) is 4.79 Å². The largest absolute Gasteiger partial charge is 0.493 e. The minimum atomic E-state index is -0.253. The first-order valence-corrected chi connectivity index (χ1v) is 6.82. The summed E-state index contributed by atoms with van der Waals surface area (Å²) in [7, 11) is 3.18. The predicted octanol–water partition coefficient (Wildman–Crippen LogP) is 1.58. The van der Waals surface area contributed by atoms with Crippen LogP contribution in [-0.4, -0.2) is 36.5 Å². The van der Waals surface area contributed by atoms with Crippen molar-refractivity contribution in [1.82, 2.24) is 9.78 Å². The Morgan fingerprint density at radius 3 is 2.61 bits per heavy atom. The van der Waals surface area contributed by atoms with Crippen LogP contribution in [0.5, 0.6) is 11.5 Å². The van der Waals surface area contributed by atoms with E-state index in [2.05, 4.69) is 10.4 Å². The molecule has 1 aromatic carbocycles. The van der Waals surface area contributed by atoms with Crippen LogP contribution in [0.25, 0.3) is 0 Å². The van der Waals surface area contributed by atoms with Crippen LogP contribution in [0.4, 0.5) is 5.82 Å². The van der Waals surface area contributed by atoms with Crippen molar-refractivity contribution < 1.29 is 14.3 Å². The van der Waals surface area contributed by atoms with Crippen molar-refractivity contribution in [2.24, 2.45) is 5.73 Å². The zero-order valence-corrected chi connectivity index (χ0v) is 14.1. The molecule has 0 aliphatic carbocycles. The molecule has 0 saturated heterocycles. The molecule has 0 bridgehead atoms. The second kappa shape index (κ2) is 8.40. The Balaban J connectivity index is 0.00000264. The summed E-state index contributed by atoms with van der Waals surface area (Å²) in [6.45, 7) is 2.31. The van der Waals surface area contributed by atoms with E-state index in [0.29, 0.717) is 23.9 Å². The van der Waals surface area contributed by atoms with Crippen LogP contribution in [0.1, 0.15) is 11.1 Å². The molecule has 0 radical (unpaired) electrons. The topological polar surface area (TPSA) is 91.4 Å². The maximum atomic E-state index is 11.5. The van der Waals surface area contributed by atoms with Crippen molar-refractivity contribution in [2.45, 2.75) is 13.5 Å². The van der Waals surface area contributed by atoms with Crippen molar-refractivity contribution in [1.29, 1.82) is 0 Å². The van der Waals surface area contributed by atoms with Crippen molar-refractivity contribution in [2.75, 3.05) is 26.1 Å². The van der Waals surface area contributed by atoms with Crippen LogP contribution in [0.2, 0.25) is 0 Å². The fourth-order valence-electron chi connectivity index (χ4n) is 2.10. The second-order valence-electron chi connectivity index (χ2n) is 4.78. The molecule has 0 atom stereocenters. The van der Waals surface area contributed by atoms with E-state index in [0.717, 1.165) is 11.1 Å². The fourth-order valence-corrected chi connectivity index (χ4v) is 2.10. The molecule has 1 heterocycles. The van der Waals surface area contributed by atoms with Gasteiger partial charge in [-0.2, -0.15) is 5.10 Å². The SMILES string of the molecule is COc1ccc(Cn2ncc(C)c2NC(=O)CN)cc1OC.Cl. The van der Waals surface area contributed by atoms with Gasteiger partial charge in [0.1, 0.15) is 5.82 Å². The fraction of sp³-hybridized carbons (Fsp3) is 0.333. The maximum absolute atomic E-state index is 11.5. The Bertz CT molecular complexity index is 673. The number of halogens is 1. The summed E-state index contributed by atoms with van der Waals surface area (Å²) < 4.78 is 12.2. The highest BCUT2D eigenvalue weighted by molar-refractivity contribution is 5.91. The molecular formula is C15H21ClN4O3. The zero-order chi connectivity index (χ0) is 16.1. The average molecular weight is 341 g/mol. The van der Waals surface area contributed by atoms with Crippen molar-refractivity contribution in [3.05, 3.63) is 35.5 Å². The van der Waals surface area contributed by atoms with Gasteiger partial charge in [-0.05, 0) is 24.6 Å². The lowest BCUT2D eigenvalue weighted by molar-refractivity contribution is -0.115. The number of hydrogen-bond donors (Lipinski definition) is 2. The number of aryl methyl sites for hydroxylation is 1. The third kappa shape index (κ3) is 4.37. The van der Waals surface area contributed by atoms with E-state index in [4.69, 9.17) is 15.2 Å². The predicted molar refractivity (Wildman–Crippen MR) is 90.5 cm³/mol. The van der Waals surface area contributed by atoms with Gasteiger partial charge in [-0.1, -0.05) is 6.07 Å². The van der Waals surface area contributed by atoms with Gasteiger partial charge in [0.15, 0.2) is 11.5 Å². The summed E-state index contributed by atoms with van der Waals surface area (Å²) in [5, 5.41) is 7.05. The molecule has 0 saturated carbocycles. The molecular weight excluding hydrogens is 320 g/mol. The number of aromatic nitrogens is 2. The van der Waals surface area contributed by atoms with Crippen LogP contribution >= 0.6 is 12.4 Å². The molecule has 126 valence electrons. The van der Waals surface area contributed by atoms with Crippen molar-refractivity contribution in [3.8, 4) is 11.5 Å². The summed E-state index contributed by atoms with van der Waals surface area (Å²) in [6, 6.07) is 5.64. The standard InChI is InChI=1S/C15H20N4O3.ClH/c1-10-8-17-19(15(10)18-14(20)7-16)9-11-4-5-12(21-2)13(6-11)22-3;/h4-6,8H,7,9,16H2,1-3H3,(H,18,20);1H. The molecule has 7 nitrogen and oxygen atoms in total. The zero-order valence-electron chi connectivity index (χ0n) is 13.3. The molecule has 3 N–H and O–H groups in total. The third-order valence-electron chi connectivity index (χ3n) is 3.25. The lowest BCUT2D eigenvalue weighted by Gasteiger charge is -2.12. The number of hydrogen-bond acceptors (Lipinski definition) is 5. The minimum Gasteiger partial charge on any atom is -0.493 e. The van der Waals surface area contributed by atoms with Gasteiger partial charge in [0.2, 0.25) is 5.91 Å². The summed E-state index contributed by atoms with van der Waals surface area (Å²) in [4.78, 5) is 11.5. The lowest BCUT2D eigenvalue weighted by atomic mass is 10.2. The van der Waals surface area contributed by atoms with Crippen molar-refractivity contribution in [3.63, 3.8) is 0 Å². The molecule has 0 aliphatic rings. The van der Waals surface area contributed by atoms with Gasteiger partial charge in [-0.15, -0.1) is 12.4 Å². The summed E-state index contributed by atoms with van der Waals surface area (Å²) in [6.07, 6.45) is 1.70. The third-order valence-corrected chi connectivity index (χ3v) is 3.25. The molecule has 0 spiro atoms. The Hall–Kier alpha value is -2.25. The number of carbonyl (C=O) groups is 1. The summed E-state index contributed by atoms with van der Waals surface area (Å²) in [5.41, 5.74) is 7.19. The number of nitrogens with one attached hydrogen (secondary N) is 1. The van der Waals surface area contributed by atoms with E-state index in [9.17, 15) is 4.79 Å². The number of benzene rings is 1. The van der Waals surface area contributed by atoms with Gasteiger partial charge < -0.3 is 20.5 Å². The first kappa shape index (κ1) is 18.8. The Morgan fingerprint density at radius 1 is 1.30 bits per heavy atom. The van der Waals surface area contributed by atoms with E-state index in [1.54, 1.807) is 25.1 Å². The number of anilines is 1. The average Bonchev–Trinajstić information content (AvgIpc) is 2.87. The van der Waals surface area contributed by atoms with E-state index in [1.165, 1.54) is 0 Å². The molecule has 2 aromatic rings. The first-order valence-electron chi connectivity index (χ1n) is 6.82. The molecule has 1 amide bonds. The van der Waals surface area contributed by atoms with Gasteiger partial charge >= 0.3 is 0 Å². The molecule has 2 rings (SSSR count). The second-order valence-corrected chi connectivity index (χ2v) is 4.78. The van der Waals surface area contributed by atoms with Crippen LogP contribution in [-0.2, 0) is 11.3 Å². The normalized spacial score (nSPS) is 9.91. The highest BCUT2D eigenvalue weighted by Gasteiger charge is 2.12. The van der Waals surface area contributed by atoms with E-state index in [1.807, 2.05) is 25.1 Å². The molecule has 23 heavy (non-hydrogen) atoms. The number of amides is 1. The van der Waals surface area contributed by atoms with Gasteiger partial charge in [0.25, 0.3) is 0 Å². The molecule has 8 heteroatoms. The number of carbonyl (C=O) groups excluding carboxylic acids is 1. The van der Waals surface area contributed by atoms with Crippen LogP contribution in [0.15, 0.2) is 24.4 Å². The summed E-state index contributed by atoms with van der Waals surface area (Å²) in [5.74, 6) is 1.71. The highest BCUT2D eigenvalue weighted by Crippen LogP contribution is 2.28. The van der Waals surface area contributed by atoms with Crippen molar-refractivity contribution >= 4 is 24.1 Å². The molecule has 1 aromatic heterocycles. The quantitative estimate of drug-likeness (QED) is 0.833. The molecule has 0 fully saturated rings. The van der Waals surface area contributed by atoms with E-state index in [-0.39, 0.29) is 24.9 Å². The monoisotopic (exact) mass is 340 g/mol. The Labute approximate surface area is 141 Å². The van der Waals surface area contributed by atoms with Crippen LogP contribution in [0, 0.1) is 6.92 Å². The number of nitrogens with zero attached hydrogens (tertiary/aromatic N) is 2. The maximum Gasteiger partial charge on any atom is 0.239 e. The van der Waals surface area contributed by atoms with E-state index < -0.39 is 0 Å². The highest BCUT2D eigenvalue weighted by atomic mass is 35.5. The molecule has 0 aliphatic heterocycles. The number of nitrogens with two attached hydrogens (primary N) is 1. The number of rotatable bonds is 6. The smallest absolute Gasteiger partial charge is 0.239 e.